The fourth-order valence-electron chi connectivity index (χ4n) is 2.36. The van der Waals surface area contributed by atoms with E-state index in [2.05, 4.69) is 15.5 Å². The molecule has 3 rings (SSSR count). The van der Waals surface area contributed by atoms with Crippen molar-refractivity contribution in [2.75, 3.05) is 18.2 Å². The maximum atomic E-state index is 12.1. The molecule has 0 bridgehead atoms. The van der Waals surface area contributed by atoms with E-state index in [1.54, 1.807) is 61.7 Å². The van der Waals surface area contributed by atoms with E-state index in [0.717, 1.165) is 0 Å². The fourth-order valence-corrected chi connectivity index (χ4v) is 3.63. The third kappa shape index (κ3) is 5.14. The molecule has 27 heavy (non-hydrogen) atoms. The second-order valence-corrected chi connectivity index (χ2v) is 7.77. The smallest absolute Gasteiger partial charge is 0.322 e. The Morgan fingerprint density at radius 2 is 1.78 bits per heavy atom. The van der Waals surface area contributed by atoms with Crippen molar-refractivity contribution in [2.45, 2.75) is 5.75 Å². The first kappa shape index (κ1) is 18.6. The molecular weight excluding hydrogens is 370 g/mol. The molecular formula is C18H17N3O5S. The predicted octanol–water partition coefficient (Wildman–Crippen LogP) is 2.30. The molecule has 140 valence electrons. The highest BCUT2D eigenvalue weighted by atomic mass is 32.2. The maximum absolute atomic E-state index is 12.1. The molecule has 0 aliphatic heterocycles. The monoisotopic (exact) mass is 387 g/mol. The molecule has 0 atom stereocenters. The molecule has 2 aromatic carbocycles. The average molecular weight is 387 g/mol. The van der Waals surface area contributed by atoms with E-state index < -0.39 is 21.5 Å². The Labute approximate surface area is 156 Å². The third-order valence-corrected chi connectivity index (χ3v) is 5.06. The molecule has 3 aromatic rings. The Bertz CT molecular complexity index is 1010. The van der Waals surface area contributed by atoms with Crippen LogP contribution in [0, 0.1) is 0 Å². The van der Waals surface area contributed by atoms with Gasteiger partial charge in [0.2, 0.25) is 11.8 Å². The van der Waals surface area contributed by atoms with Crippen molar-refractivity contribution in [2.24, 2.45) is 0 Å². The van der Waals surface area contributed by atoms with Gasteiger partial charge in [-0.3, -0.25) is 10.1 Å². The Morgan fingerprint density at radius 1 is 1.07 bits per heavy atom. The van der Waals surface area contributed by atoms with Gasteiger partial charge in [-0.1, -0.05) is 35.4 Å². The van der Waals surface area contributed by atoms with Crippen LogP contribution in [0.5, 0.6) is 5.75 Å². The molecule has 9 heteroatoms. The van der Waals surface area contributed by atoms with E-state index in [0.29, 0.717) is 16.9 Å². The van der Waals surface area contributed by atoms with E-state index in [-0.39, 0.29) is 17.7 Å². The number of nitrogens with one attached hydrogen (secondary N) is 1. The first-order valence-corrected chi connectivity index (χ1v) is 9.79. The predicted molar refractivity (Wildman–Crippen MR) is 98.8 cm³/mol. The van der Waals surface area contributed by atoms with E-state index in [9.17, 15) is 13.2 Å². The van der Waals surface area contributed by atoms with Gasteiger partial charge >= 0.3 is 6.01 Å². The van der Waals surface area contributed by atoms with Crippen LogP contribution in [0.3, 0.4) is 0 Å². The number of aromatic nitrogens is 2. The number of methoxy groups -OCH3 is 1. The van der Waals surface area contributed by atoms with Crippen LogP contribution in [-0.4, -0.2) is 37.4 Å². The zero-order valence-corrected chi connectivity index (χ0v) is 15.3. The van der Waals surface area contributed by atoms with Gasteiger partial charge in [-0.05, 0) is 29.8 Å². The minimum absolute atomic E-state index is 0.166. The highest BCUT2D eigenvalue weighted by Gasteiger charge is 2.19. The van der Waals surface area contributed by atoms with E-state index in [1.165, 1.54) is 0 Å². The van der Waals surface area contributed by atoms with Crippen LogP contribution in [-0.2, 0) is 20.4 Å². The molecule has 0 saturated carbocycles. The average Bonchev–Trinajstić information content (AvgIpc) is 3.10. The molecule has 1 aromatic heterocycles. The first-order valence-electron chi connectivity index (χ1n) is 7.97. The number of sulfone groups is 1. The molecule has 0 aliphatic rings. The molecule has 0 unspecified atom stereocenters. The Hall–Kier alpha value is -3.20. The summed E-state index contributed by atoms with van der Waals surface area (Å²) >= 11 is 0. The molecule has 0 saturated heterocycles. The van der Waals surface area contributed by atoms with Crippen LogP contribution in [0.2, 0.25) is 0 Å². The van der Waals surface area contributed by atoms with E-state index in [1.807, 2.05) is 0 Å². The van der Waals surface area contributed by atoms with Gasteiger partial charge in [0.25, 0.3) is 0 Å². The number of nitrogens with zero attached hydrogens (tertiary/aromatic N) is 2. The minimum atomic E-state index is -3.62. The lowest BCUT2D eigenvalue weighted by Crippen LogP contribution is -2.24. The molecule has 1 heterocycles. The molecule has 0 radical (unpaired) electrons. The van der Waals surface area contributed by atoms with Crippen molar-refractivity contribution in [1.29, 1.82) is 0 Å². The highest BCUT2D eigenvalue weighted by molar-refractivity contribution is 7.91. The summed E-state index contributed by atoms with van der Waals surface area (Å²) in [6.45, 7) is 0. The summed E-state index contributed by atoms with van der Waals surface area (Å²) in [6.07, 6.45) is 0. The van der Waals surface area contributed by atoms with Crippen LogP contribution in [0.15, 0.2) is 59.0 Å². The summed E-state index contributed by atoms with van der Waals surface area (Å²) in [5.41, 5.74) is 1.25. The number of amides is 1. The van der Waals surface area contributed by atoms with Crippen molar-refractivity contribution >= 4 is 21.8 Å². The normalized spacial score (nSPS) is 11.1. The molecule has 1 N–H and O–H groups in total. The first-order chi connectivity index (χ1) is 12.9. The Kier molecular flexibility index (Phi) is 5.51. The molecule has 0 aliphatic carbocycles. The van der Waals surface area contributed by atoms with Gasteiger partial charge in [0.15, 0.2) is 9.84 Å². The van der Waals surface area contributed by atoms with Crippen molar-refractivity contribution in [1.82, 2.24) is 10.2 Å². The molecule has 1 amide bonds. The minimum Gasteiger partial charge on any atom is -0.497 e. The summed E-state index contributed by atoms with van der Waals surface area (Å²) < 4.78 is 34.7. The SMILES string of the molecule is COc1ccc(-c2nnc(NC(=O)CS(=O)(=O)Cc3ccccc3)o2)cc1. The van der Waals surface area contributed by atoms with Gasteiger partial charge in [0.05, 0.1) is 12.9 Å². The number of benzene rings is 2. The van der Waals surface area contributed by atoms with E-state index >= 15 is 0 Å². The second kappa shape index (κ2) is 8.00. The highest BCUT2D eigenvalue weighted by Crippen LogP contribution is 2.22. The lowest BCUT2D eigenvalue weighted by atomic mass is 10.2. The topological polar surface area (TPSA) is 111 Å². The lowest BCUT2D eigenvalue weighted by molar-refractivity contribution is -0.114. The fraction of sp³-hybridized carbons (Fsp3) is 0.167. The Morgan fingerprint density at radius 3 is 2.44 bits per heavy atom. The summed E-state index contributed by atoms with van der Waals surface area (Å²) in [5.74, 6) is -0.768. The van der Waals surface area contributed by atoms with Crippen molar-refractivity contribution in [3.05, 3.63) is 60.2 Å². The Balaban J connectivity index is 1.61. The maximum Gasteiger partial charge on any atom is 0.322 e. The van der Waals surface area contributed by atoms with Gasteiger partial charge in [-0.15, -0.1) is 5.10 Å². The number of hydrogen-bond donors (Lipinski definition) is 1. The zero-order chi connectivity index (χ0) is 19.3. The van der Waals surface area contributed by atoms with Crippen LogP contribution < -0.4 is 10.1 Å². The number of ether oxygens (including phenoxy) is 1. The van der Waals surface area contributed by atoms with Crippen LogP contribution in [0.1, 0.15) is 5.56 Å². The van der Waals surface area contributed by atoms with Crippen molar-refractivity contribution < 1.29 is 22.4 Å². The molecule has 0 spiro atoms. The van der Waals surface area contributed by atoms with Crippen molar-refractivity contribution in [3.63, 3.8) is 0 Å². The molecule has 0 fully saturated rings. The second-order valence-electron chi connectivity index (χ2n) is 5.71. The standard InChI is InChI=1S/C18H17N3O5S/c1-25-15-9-7-14(8-10-15)17-20-21-18(26-17)19-16(22)12-27(23,24)11-13-5-3-2-4-6-13/h2-10H,11-12H2,1H3,(H,19,21,22). The quantitative estimate of drug-likeness (QED) is 0.662. The van der Waals surface area contributed by atoms with Gasteiger partial charge in [-0.25, -0.2) is 8.42 Å². The van der Waals surface area contributed by atoms with Crippen molar-refractivity contribution in [3.8, 4) is 17.2 Å². The van der Waals surface area contributed by atoms with Gasteiger partial charge in [-0.2, -0.15) is 0 Å². The summed E-state index contributed by atoms with van der Waals surface area (Å²) in [7, 11) is -2.07. The summed E-state index contributed by atoms with van der Waals surface area (Å²) in [5, 5.41) is 9.87. The van der Waals surface area contributed by atoms with Crippen LogP contribution in [0.4, 0.5) is 6.01 Å². The largest absolute Gasteiger partial charge is 0.497 e. The number of carbonyl (C=O) groups excluding carboxylic acids is 1. The summed E-state index contributed by atoms with van der Waals surface area (Å²) in [4.78, 5) is 12.0. The van der Waals surface area contributed by atoms with E-state index in [4.69, 9.17) is 9.15 Å². The van der Waals surface area contributed by atoms with Crippen LogP contribution in [0.25, 0.3) is 11.5 Å². The molecule has 8 nitrogen and oxygen atoms in total. The number of hydrogen-bond acceptors (Lipinski definition) is 7. The van der Waals surface area contributed by atoms with Gasteiger partial charge in [0.1, 0.15) is 11.5 Å². The third-order valence-electron chi connectivity index (χ3n) is 3.59. The number of rotatable bonds is 7. The van der Waals surface area contributed by atoms with Gasteiger partial charge < -0.3 is 9.15 Å². The van der Waals surface area contributed by atoms with Crippen LogP contribution >= 0.6 is 0 Å². The number of anilines is 1. The lowest BCUT2D eigenvalue weighted by Gasteiger charge is -2.04. The summed E-state index contributed by atoms with van der Waals surface area (Å²) in [6, 6.07) is 15.4. The van der Waals surface area contributed by atoms with Gasteiger partial charge in [0, 0.05) is 5.56 Å². The zero-order valence-electron chi connectivity index (χ0n) is 14.5. The number of carbonyl (C=O) groups is 1.